The van der Waals surface area contributed by atoms with Gasteiger partial charge in [-0.25, -0.2) is 19.2 Å². The van der Waals surface area contributed by atoms with Crippen molar-refractivity contribution in [2.45, 2.75) is 0 Å². The molecule has 1 aliphatic heterocycles. The SMILES string of the molecule is O=C(O)c1ccnc(NN2CCOCC2)c1F. The molecule has 0 aromatic carbocycles. The normalized spacial score (nSPS) is 16.8. The molecule has 2 heterocycles. The van der Waals surface area contributed by atoms with Crippen LogP contribution in [0.25, 0.3) is 0 Å². The molecular formula is C10H12FN3O3. The molecule has 17 heavy (non-hydrogen) atoms. The highest BCUT2D eigenvalue weighted by Crippen LogP contribution is 2.16. The first-order valence-corrected chi connectivity index (χ1v) is 5.15. The summed E-state index contributed by atoms with van der Waals surface area (Å²) in [4.78, 5) is 14.5. The van der Waals surface area contributed by atoms with Crippen molar-refractivity contribution >= 4 is 11.8 Å². The smallest absolute Gasteiger partial charge is 0.338 e. The maximum atomic E-state index is 13.7. The molecule has 6 nitrogen and oxygen atoms in total. The van der Waals surface area contributed by atoms with E-state index in [-0.39, 0.29) is 5.82 Å². The van der Waals surface area contributed by atoms with Gasteiger partial charge in [0.05, 0.1) is 13.2 Å². The zero-order valence-electron chi connectivity index (χ0n) is 9.02. The van der Waals surface area contributed by atoms with Gasteiger partial charge in [0.15, 0.2) is 11.6 Å². The van der Waals surface area contributed by atoms with E-state index in [4.69, 9.17) is 9.84 Å². The van der Waals surface area contributed by atoms with Crippen LogP contribution in [0.2, 0.25) is 0 Å². The summed E-state index contributed by atoms with van der Waals surface area (Å²) in [5.74, 6) is -2.24. The number of carbonyl (C=O) groups is 1. The lowest BCUT2D eigenvalue weighted by atomic mass is 10.2. The first-order chi connectivity index (χ1) is 8.18. The van der Waals surface area contributed by atoms with E-state index in [2.05, 4.69) is 10.4 Å². The highest BCUT2D eigenvalue weighted by molar-refractivity contribution is 5.88. The molecule has 0 spiro atoms. The summed E-state index contributed by atoms with van der Waals surface area (Å²) in [7, 11) is 0. The average Bonchev–Trinajstić information content (AvgIpc) is 2.33. The number of ether oxygens (including phenoxy) is 1. The predicted octanol–water partition coefficient (Wildman–Crippen LogP) is 0.578. The molecule has 92 valence electrons. The van der Waals surface area contributed by atoms with Crippen LogP contribution in [-0.2, 0) is 4.74 Å². The van der Waals surface area contributed by atoms with Crippen molar-refractivity contribution in [2.75, 3.05) is 31.7 Å². The van der Waals surface area contributed by atoms with E-state index in [1.54, 1.807) is 5.01 Å². The molecule has 2 N–H and O–H groups in total. The summed E-state index contributed by atoms with van der Waals surface area (Å²) in [6.07, 6.45) is 1.26. The van der Waals surface area contributed by atoms with Crippen LogP contribution in [0.3, 0.4) is 0 Å². The van der Waals surface area contributed by atoms with Crippen molar-refractivity contribution in [1.29, 1.82) is 0 Å². The van der Waals surface area contributed by atoms with Crippen molar-refractivity contribution in [3.8, 4) is 0 Å². The quantitative estimate of drug-likeness (QED) is 0.806. The Hall–Kier alpha value is -1.73. The molecule has 0 amide bonds. The largest absolute Gasteiger partial charge is 0.478 e. The molecule has 1 aromatic heterocycles. The number of aromatic carboxylic acids is 1. The highest BCUT2D eigenvalue weighted by Gasteiger charge is 2.17. The van der Waals surface area contributed by atoms with Crippen LogP contribution in [0.15, 0.2) is 12.3 Å². The second-order valence-corrected chi connectivity index (χ2v) is 3.54. The minimum Gasteiger partial charge on any atom is -0.478 e. The fourth-order valence-electron chi connectivity index (χ4n) is 1.51. The Bertz CT molecular complexity index is 421. The minimum atomic E-state index is -1.31. The maximum absolute atomic E-state index is 13.7. The Morgan fingerprint density at radius 3 is 2.88 bits per heavy atom. The molecule has 2 rings (SSSR count). The molecule has 0 unspecified atom stereocenters. The zero-order valence-corrected chi connectivity index (χ0v) is 9.02. The van der Waals surface area contributed by atoms with Gasteiger partial charge in [0.1, 0.15) is 5.56 Å². The summed E-state index contributed by atoms with van der Waals surface area (Å²) in [5.41, 5.74) is 2.36. The van der Waals surface area contributed by atoms with Gasteiger partial charge in [-0.15, -0.1) is 0 Å². The van der Waals surface area contributed by atoms with Crippen LogP contribution in [0.5, 0.6) is 0 Å². The Morgan fingerprint density at radius 2 is 2.24 bits per heavy atom. The molecule has 1 aliphatic rings. The number of pyridine rings is 1. The first-order valence-electron chi connectivity index (χ1n) is 5.15. The summed E-state index contributed by atoms with van der Waals surface area (Å²) >= 11 is 0. The minimum absolute atomic E-state index is 0.0770. The number of halogens is 1. The van der Waals surface area contributed by atoms with Gasteiger partial charge >= 0.3 is 5.97 Å². The lowest BCUT2D eigenvalue weighted by Gasteiger charge is -2.27. The van der Waals surface area contributed by atoms with Crippen LogP contribution in [0.4, 0.5) is 10.2 Å². The van der Waals surface area contributed by atoms with E-state index in [9.17, 15) is 9.18 Å². The van der Waals surface area contributed by atoms with E-state index < -0.39 is 17.3 Å². The van der Waals surface area contributed by atoms with Crippen molar-refractivity contribution in [2.24, 2.45) is 0 Å². The maximum Gasteiger partial charge on any atom is 0.338 e. The third-order valence-electron chi connectivity index (χ3n) is 2.39. The topological polar surface area (TPSA) is 74.7 Å². The zero-order chi connectivity index (χ0) is 12.3. The number of nitrogens with zero attached hydrogens (tertiary/aromatic N) is 2. The average molecular weight is 241 g/mol. The van der Waals surface area contributed by atoms with Crippen molar-refractivity contribution in [3.05, 3.63) is 23.6 Å². The standard InChI is InChI=1S/C10H12FN3O3/c11-8-7(10(15)16)1-2-12-9(8)13-14-3-5-17-6-4-14/h1-2H,3-6H2,(H,12,13)(H,15,16). The molecule has 0 saturated carbocycles. The molecule has 0 aliphatic carbocycles. The summed E-state index contributed by atoms with van der Waals surface area (Å²) in [5, 5.41) is 10.5. The second-order valence-electron chi connectivity index (χ2n) is 3.54. The number of hydrazine groups is 1. The van der Waals surface area contributed by atoms with Crippen LogP contribution in [-0.4, -0.2) is 47.4 Å². The molecule has 7 heteroatoms. The summed E-state index contributed by atoms with van der Waals surface area (Å²) in [6.45, 7) is 2.29. The van der Waals surface area contributed by atoms with Gasteiger partial charge in [-0.1, -0.05) is 0 Å². The fraction of sp³-hybridized carbons (Fsp3) is 0.400. The number of carboxylic acids is 1. The first kappa shape index (κ1) is 11.7. The van der Waals surface area contributed by atoms with Gasteiger partial charge < -0.3 is 15.3 Å². The third kappa shape index (κ3) is 2.69. The van der Waals surface area contributed by atoms with Gasteiger partial charge in [0.2, 0.25) is 0 Å². The van der Waals surface area contributed by atoms with E-state index in [0.29, 0.717) is 26.3 Å². The van der Waals surface area contributed by atoms with E-state index >= 15 is 0 Å². The van der Waals surface area contributed by atoms with E-state index in [1.807, 2.05) is 0 Å². The predicted molar refractivity (Wildman–Crippen MR) is 57.2 cm³/mol. The van der Waals surface area contributed by atoms with Crippen molar-refractivity contribution in [1.82, 2.24) is 9.99 Å². The number of anilines is 1. The van der Waals surface area contributed by atoms with Gasteiger partial charge in [-0.05, 0) is 6.07 Å². The molecule has 0 radical (unpaired) electrons. The second kappa shape index (κ2) is 5.07. The Kier molecular flexibility index (Phi) is 3.50. The fourth-order valence-corrected chi connectivity index (χ4v) is 1.51. The van der Waals surface area contributed by atoms with Gasteiger partial charge in [-0.3, -0.25) is 0 Å². The van der Waals surface area contributed by atoms with Crippen LogP contribution < -0.4 is 5.43 Å². The summed E-state index contributed by atoms with van der Waals surface area (Å²) < 4.78 is 18.9. The van der Waals surface area contributed by atoms with Crippen molar-refractivity contribution in [3.63, 3.8) is 0 Å². The number of hydrogen-bond acceptors (Lipinski definition) is 5. The van der Waals surface area contributed by atoms with Crippen LogP contribution in [0.1, 0.15) is 10.4 Å². The number of aromatic nitrogens is 1. The van der Waals surface area contributed by atoms with Gasteiger partial charge in [-0.2, -0.15) is 0 Å². The van der Waals surface area contributed by atoms with E-state index in [0.717, 1.165) is 6.07 Å². The lowest BCUT2D eigenvalue weighted by molar-refractivity contribution is 0.0492. The monoisotopic (exact) mass is 241 g/mol. The Morgan fingerprint density at radius 1 is 1.53 bits per heavy atom. The molecule has 1 aromatic rings. The van der Waals surface area contributed by atoms with E-state index in [1.165, 1.54) is 6.20 Å². The van der Waals surface area contributed by atoms with Gasteiger partial charge in [0, 0.05) is 19.3 Å². The Balaban J connectivity index is 2.15. The van der Waals surface area contributed by atoms with Gasteiger partial charge in [0.25, 0.3) is 0 Å². The van der Waals surface area contributed by atoms with Crippen molar-refractivity contribution < 1.29 is 19.0 Å². The highest BCUT2D eigenvalue weighted by atomic mass is 19.1. The number of hydrogen-bond donors (Lipinski definition) is 2. The van der Waals surface area contributed by atoms with Crippen LogP contribution >= 0.6 is 0 Å². The number of carboxylic acid groups (broad SMARTS) is 1. The summed E-state index contributed by atoms with van der Waals surface area (Å²) in [6, 6.07) is 1.13. The molecule has 1 fully saturated rings. The Labute approximate surface area is 97.0 Å². The molecule has 0 bridgehead atoms. The molecule has 0 atom stereocenters. The number of morpholine rings is 1. The molecule has 1 saturated heterocycles. The number of rotatable bonds is 3. The molecular weight excluding hydrogens is 229 g/mol. The third-order valence-corrected chi connectivity index (χ3v) is 2.39. The lowest BCUT2D eigenvalue weighted by Crippen LogP contribution is -2.40. The van der Waals surface area contributed by atoms with Crippen LogP contribution in [0, 0.1) is 5.82 Å². The number of nitrogens with one attached hydrogen (secondary N) is 1.